The fourth-order valence-electron chi connectivity index (χ4n) is 3.97. The molecule has 104 valence electrons. The van der Waals surface area contributed by atoms with Crippen LogP contribution >= 0.6 is 27.3 Å². The number of thiazole rings is 1. The van der Waals surface area contributed by atoms with Gasteiger partial charge in [-0.3, -0.25) is 0 Å². The molecular weight excluding hydrogens is 334 g/mol. The van der Waals surface area contributed by atoms with Gasteiger partial charge in [-0.15, -0.1) is 11.3 Å². The Kier molecular flexibility index (Phi) is 3.02. The van der Waals surface area contributed by atoms with Crippen LogP contribution in [0.5, 0.6) is 0 Å². The minimum absolute atomic E-state index is 0.300. The average molecular weight is 350 g/mol. The number of rotatable bonds is 1. The summed E-state index contributed by atoms with van der Waals surface area (Å²) >= 11 is 5.00. The van der Waals surface area contributed by atoms with Crippen LogP contribution < -0.4 is 0 Å². The SMILES string of the molecule is OC1(c2nc(Br)cs2)C2CCC1Cc1ccccc1C2. The number of aromatic nitrogens is 1. The van der Waals surface area contributed by atoms with Crippen molar-refractivity contribution in [2.75, 3.05) is 0 Å². The maximum atomic E-state index is 11.4. The van der Waals surface area contributed by atoms with E-state index in [0.717, 1.165) is 35.3 Å². The summed E-state index contributed by atoms with van der Waals surface area (Å²) in [6.45, 7) is 0. The first-order valence-electron chi connectivity index (χ1n) is 7.08. The summed E-state index contributed by atoms with van der Waals surface area (Å²) in [6.07, 6.45) is 4.15. The molecule has 0 radical (unpaired) electrons. The quantitative estimate of drug-likeness (QED) is 0.846. The van der Waals surface area contributed by atoms with Gasteiger partial charge in [0.1, 0.15) is 15.2 Å². The summed E-state index contributed by atoms with van der Waals surface area (Å²) in [5.41, 5.74) is 2.08. The van der Waals surface area contributed by atoms with E-state index in [1.165, 1.54) is 11.1 Å². The molecule has 4 heteroatoms. The lowest BCUT2D eigenvalue weighted by molar-refractivity contribution is -0.0397. The first-order valence-corrected chi connectivity index (χ1v) is 8.76. The van der Waals surface area contributed by atoms with Gasteiger partial charge < -0.3 is 5.11 Å². The van der Waals surface area contributed by atoms with Crippen LogP contribution in [0.25, 0.3) is 0 Å². The van der Waals surface area contributed by atoms with E-state index in [2.05, 4.69) is 45.2 Å². The molecule has 2 nitrogen and oxygen atoms in total. The molecule has 2 atom stereocenters. The van der Waals surface area contributed by atoms with Gasteiger partial charge in [-0.1, -0.05) is 24.3 Å². The lowest BCUT2D eigenvalue weighted by Gasteiger charge is -2.31. The van der Waals surface area contributed by atoms with E-state index in [9.17, 15) is 5.11 Å². The normalized spacial score (nSPS) is 31.9. The number of hydrogen-bond donors (Lipinski definition) is 1. The molecule has 1 heterocycles. The van der Waals surface area contributed by atoms with Gasteiger partial charge in [0.05, 0.1) is 0 Å². The predicted molar refractivity (Wildman–Crippen MR) is 83.8 cm³/mol. The molecule has 2 unspecified atom stereocenters. The number of benzene rings is 1. The molecular formula is C16H16BrNOS. The van der Waals surface area contributed by atoms with Gasteiger partial charge in [-0.2, -0.15) is 0 Å². The van der Waals surface area contributed by atoms with Gasteiger partial charge in [-0.25, -0.2) is 4.98 Å². The molecule has 2 aliphatic carbocycles. The van der Waals surface area contributed by atoms with Crippen molar-refractivity contribution in [2.24, 2.45) is 11.8 Å². The zero-order chi connectivity index (χ0) is 13.7. The maximum Gasteiger partial charge on any atom is 0.126 e. The van der Waals surface area contributed by atoms with Crippen LogP contribution in [0.4, 0.5) is 0 Å². The molecule has 2 bridgehead atoms. The van der Waals surface area contributed by atoms with Crippen LogP contribution in [0.3, 0.4) is 0 Å². The second-order valence-electron chi connectivity index (χ2n) is 5.95. The average Bonchev–Trinajstić information content (AvgIpc) is 2.94. The first kappa shape index (κ1) is 13.0. The Morgan fingerprint density at radius 2 is 1.75 bits per heavy atom. The van der Waals surface area contributed by atoms with Gasteiger partial charge in [0.15, 0.2) is 0 Å². The Labute approximate surface area is 131 Å². The summed E-state index contributed by atoms with van der Waals surface area (Å²) in [4.78, 5) is 4.54. The minimum Gasteiger partial charge on any atom is -0.382 e. The van der Waals surface area contributed by atoms with Crippen LogP contribution in [-0.4, -0.2) is 10.1 Å². The minimum atomic E-state index is -0.740. The molecule has 1 aromatic heterocycles. The number of hydrogen-bond acceptors (Lipinski definition) is 3. The topological polar surface area (TPSA) is 33.1 Å². The van der Waals surface area contributed by atoms with Gasteiger partial charge >= 0.3 is 0 Å². The molecule has 0 saturated heterocycles. The van der Waals surface area contributed by atoms with E-state index < -0.39 is 5.60 Å². The molecule has 1 fully saturated rings. The van der Waals surface area contributed by atoms with Gasteiger partial charge in [-0.05, 0) is 64.6 Å². The smallest absolute Gasteiger partial charge is 0.126 e. The monoisotopic (exact) mass is 349 g/mol. The summed E-state index contributed by atoms with van der Waals surface area (Å²) in [6, 6.07) is 8.65. The summed E-state index contributed by atoms with van der Waals surface area (Å²) in [7, 11) is 0. The van der Waals surface area contributed by atoms with Crippen LogP contribution in [0.15, 0.2) is 34.2 Å². The molecule has 0 amide bonds. The standard InChI is InChI=1S/C16H16BrNOS/c17-14-9-20-15(18-14)16(19)12-5-6-13(16)8-11-4-2-1-3-10(11)7-12/h1-4,9,12-13,19H,5-8H2. The molecule has 2 aliphatic rings. The van der Waals surface area contributed by atoms with Gasteiger partial charge in [0.25, 0.3) is 0 Å². The second kappa shape index (κ2) is 4.65. The van der Waals surface area contributed by atoms with Crippen molar-refractivity contribution in [3.63, 3.8) is 0 Å². The Hall–Kier alpha value is -0.710. The third kappa shape index (κ3) is 1.81. The molecule has 1 saturated carbocycles. The fourth-order valence-corrected chi connectivity index (χ4v) is 5.47. The van der Waals surface area contributed by atoms with Crippen LogP contribution in [0.2, 0.25) is 0 Å². The van der Waals surface area contributed by atoms with E-state index >= 15 is 0 Å². The van der Waals surface area contributed by atoms with Gasteiger partial charge in [0, 0.05) is 5.38 Å². The van der Waals surface area contributed by atoms with E-state index in [1.54, 1.807) is 11.3 Å². The van der Waals surface area contributed by atoms with Crippen molar-refractivity contribution in [1.29, 1.82) is 0 Å². The van der Waals surface area contributed by atoms with Crippen molar-refractivity contribution in [3.8, 4) is 0 Å². The zero-order valence-corrected chi connectivity index (χ0v) is 13.5. The molecule has 1 aromatic carbocycles. The van der Waals surface area contributed by atoms with E-state index in [-0.39, 0.29) is 0 Å². The maximum absolute atomic E-state index is 11.4. The highest BCUT2D eigenvalue weighted by molar-refractivity contribution is 9.10. The number of fused-ring (bicyclic) bond motifs is 3. The number of aliphatic hydroxyl groups is 1. The lowest BCUT2D eigenvalue weighted by Crippen LogP contribution is -2.37. The van der Waals surface area contributed by atoms with Crippen LogP contribution in [-0.2, 0) is 18.4 Å². The number of halogens is 1. The zero-order valence-electron chi connectivity index (χ0n) is 11.1. The molecule has 0 aliphatic heterocycles. The Balaban J connectivity index is 1.81. The molecule has 2 aromatic rings. The van der Waals surface area contributed by atoms with E-state index in [1.807, 2.05) is 5.38 Å². The molecule has 4 rings (SSSR count). The van der Waals surface area contributed by atoms with E-state index in [4.69, 9.17) is 0 Å². The lowest BCUT2D eigenvalue weighted by atomic mass is 9.83. The number of nitrogens with zero attached hydrogens (tertiary/aromatic N) is 1. The largest absolute Gasteiger partial charge is 0.382 e. The van der Waals surface area contributed by atoms with Crippen molar-refractivity contribution in [1.82, 2.24) is 4.98 Å². The van der Waals surface area contributed by atoms with E-state index in [0.29, 0.717) is 11.8 Å². The second-order valence-corrected chi connectivity index (χ2v) is 7.62. The fraction of sp³-hybridized carbons (Fsp3) is 0.438. The van der Waals surface area contributed by atoms with Crippen molar-refractivity contribution in [3.05, 3.63) is 50.4 Å². The van der Waals surface area contributed by atoms with Gasteiger partial charge in [0.2, 0.25) is 0 Å². The van der Waals surface area contributed by atoms with Crippen molar-refractivity contribution in [2.45, 2.75) is 31.3 Å². The Morgan fingerprint density at radius 1 is 1.15 bits per heavy atom. The molecule has 20 heavy (non-hydrogen) atoms. The van der Waals surface area contributed by atoms with Crippen LogP contribution in [0, 0.1) is 11.8 Å². The Bertz CT molecular complexity index is 620. The first-order chi connectivity index (χ1) is 9.68. The summed E-state index contributed by atoms with van der Waals surface area (Å²) in [5.74, 6) is 0.600. The van der Waals surface area contributed by atoms with Crippen LogP contribution in [0.1, 0.15) is 29.0 Å². The highest BCUT2D eigenvalue weighted by Gasteiger charge is 2.53. The summed E-state index contributed by atoms with van der Waals surface area (Å²) in [5, 5.41) is 14.3. The Morgan fingerprint density at radius 3 is 2.25 bits per heavy atom. The molecule has 1 N–H and O–H groups in total. The summed E-state index contributed by atoms with van der Waals surface area (Å²) < 4.78 is 0.840. The highest BCUT2D eigenvalue weighted by Crippen LogP contribution is 2.53. The molecule has 0 spiro atoms. The van der Waals surface area contributed by atoms with Crippen molar-refractivity contribution >= 4 is 27.3 Å². The third-order valence-corrected chi connectivity index (χ3v) is 6.67. The van der Waals surface area contributed by atoms with Crippen molar-refractivity contribution < 1.29 is 5.11 Å². The predicted octanol–water partition coefficient (Wildman–Crippen LogP) is 3.92. The highest BCUT2D eigenvalue weighted by atomic mass is 79.9. The third-order valence-electron chi connectivity index (χ3n) is 4.98.